The third kappa shape index (κ3) is 6.20. The fourth-order valence-corrected chi connectivity index (χ4v) is 2.44. The van der Waals surface area contributed by atoms with Gasteiger partial charge in [-0.1, -0.05) is 50.6 Å². The Morgan fingerprint density at radius 3 is 2.28 bits per heavy atom. The van der Waals surface area contributed by atoms with Crippen molar-refractivity contribution in [2.75, 3.05) is 0 Å². The minimum absolute atomic E-state index is 0.601. The second-order valence-electron chi connectivity index (χ2n) is 5.74. The second-order valence-corrected chi connectivity index (χ2v) is 5.74. The monoisotopic (exact) mass is 247 g/mol. The lowest BCUT2D eigenvalue weighted by Gasteiger charge is -2.22. The normalized spacial score (nSPS) is 16.2. The molecule has 0 heterocycles. The van der Waals surface area contributed by atoms with Gasteiger partial charge in [-0.15, -0.1) is 0 Å². The van der Waals surface area contributed by atoms with E-state index in [0.717, 1.165) is 5.92 Å². The van der Waals surface area contributed by atoms with Gasteiger partial charge in [0.25, 0.3) is 0 Å². The van der Waals surface area contributed by atoms with Gasteiger partial charge in [0.2, 0.25) is 0 Å². The molecule has 3 atom stereocenters. The van der Waals surface area contributed by atoms with Gasteiger partial charge in [-0.25, -0.2) is 0 Å². The van der Waals surface area contributed by atoms with E-state index in [9.17, 15) is 0 Å². The molecule has 0 saturated heterocycles. The van der Waals surface area contributed by atoms with Crippen LogP contribution in [0, 0.1) is 5.92 Å². The van der Waals surface area contributed by atoms with E-state index in [1.807, 2.05) is 0 Å². The molecule has 0 amide bonds. The molecule has 102 valence electrons. The van der Waals surface area contributed by atoms with Crippen molar-refractivity contribution in [1.29, 1.82) is 0 Å². The van der Waals surface area contributed by atoms with Crippen molar-refractivity contribution in [2.45, 2.75) is 65.5 Å². The molecule has 0 bridgehead atoms. The summed E-state index contributed by atoms with van der Waals surface area (Å²) in [5.74, 6) is 0.828. The van der Waals surface area contributed by atoms with Crippen LogP contribution >= 0.6 is 0 Å². The number of nitrogens with one attached hydrogen (secondary N) is 1. The van der Waals surface area contributed by atoms with Crippen molar-refractivity contribution in [2.24, 2.45) is 5.92 Å². The number of rotatable bonds is 8. The summed E-state index contributed by atoms with van der Waals surface area (Å²) >= 11 is 0. The Morgan fingerprint density at radius 1 is 1.00 bits per heavy atom. The molecule has 0 spiro atoms. The van der Waals surface area contributed by atoms with Crippen molar-refractivity contribution >= 4 is 0 Å². The molecule has 0 fully saturated rings. The van der Waals surface area contributed by atoms with Gasteiger partial charge in [0.15, 0.2) is 0 Å². The van der Waals surface area contributed by atoms with Gasteiger partial charge < -0.3 is 5.32 Å². The molecule has 1 rings (SSSR count). The molecule has 0 aliphatic heterocycles. The molecule has 1 N–H and O–H groups in total. The van der Waals surface area contributed by atoms with E-state index in [2.05, 4.69) is 63.3 Å². The zero-order valence-corrected chi connectivity index (χ0v) is 12.4. The largest absolute Gasteiger partial charge is 0.312 e. The summed E-state index contributed by atoms with van der Waals surface area (Å²) in [6, 6.07) is 12.0. The number of hydrogen-bond acceptors (Lipinski definition) is 1. The molecule has 0 saturated carbocycles. The first kappa shape index (κ1) is 15.2. The van der Waals surface area contributed by atoms with Crippen LogP contribution in [0.2, 0.25) is 0 Å². The number of hydrogen-bond donors (Lipinski definition) is 1. The van der Waals surface area contributed by atoms with Crippen molar-refractivity contribution in [3.05, 3.63) is 35.9 Å². The van der Waals surface area contributed by atoms with Crippen molar-refractivity contribution < 1.29 is 0 Å². The smallest absolute Gasteiger partial charge is 0.00443 e. The zero-order chi connectivity index (χ0) is 13.4. The van der Waals surface area contributed by atoms with E-state index >= 15 is 0 Å². The minimum Gasteiger partial charge on any atom is -0.312 e. The van der Waals surface area contributed by atoms with E-state index in [-0.39, 0.29) is 0 Å². The van der Waals surface area contributed by atoms with Gasteiger partial charge >= 0.3 is 0 Å². The summed E-state index contributed by atoms with van der Waals surface area (Å²) < 4.78 is 0. The van der Waals surface area contributed by atoms with Gasteiger partial charge in [-0.3, -0.25) is 0 Å². The molecule has 0 aliphatic rings. The molecule has 1 aromatic carbocycles. The third-order valence-electron chi connectivity index (χ3n) is 3.73. The van der Waals surface area contributed by atoms with E-state index < -0.39 is 0 Å². The van der Waals surface area contributed by atoms with Gasteiger partial charge in [0, 0.05) is 12.1 Å². The van der Waals surface area contributed by atoms with Gasteiger partial charge in [-0.2, -0.15) is 0 Å². The van der Waals surface area contributed by atoms with Crippen molar-refractivity contribution in [3.8, 4) is 0 Å². The Bertz CT molecular complexity index is 307. The summed E-state index contributed by atoms with van der Waals surface area (Å²) in [7, 11) is 0. The molecule has 3 unspecified atom stereocenters. The predicted octanol–water partition coefficient (Wildman–Crippen LogP) is 4.42. The highest BCUT2D eigenvalue weighted by atomic mass is 14.9. The molecule has 18 heavy (non-hydrogen) atoms. The van der Waals surface area contributed by atoms with Crippen LogP contribution in [0.5, 0.6) is 0 Å². The van der Waals surface area contributed by atoms with Crippen LogP contribution in [0.1, 0.15) is 52.5 Å². The minimum atomic E-state index is 0.601. The summed E-state index contributed by atoms with van der Waals surface area (Å²) in [6.07, 6.45) is 4.95. The average Bonchev–Trinajstić information content (AvgIpc) is 2.37. The lowest BCUT2D eigenvalue weighted by atomic mass is 9.99. The van der Waals surface area contributed by atoms with E-state index in [0.29, 0.717) is 12.1 Å². The van der Waals surface area contributed by atoms with Crippen LogP contribution in [0.15, 0.2) is 30.3 Å². The van der Waals surface area contributed by atoms with Crippen LogP contribution < -0.4 is 5.32 Å². The fraction of sp³-hybridized carbons (Fsp3) is 0.647. The topological polar surface area (TPSA) is 12.0 Å². The lowest BCUT2D eigenvalue weighted by Crippen LogP contribution is -2.35. The Morgan fingerprint density at radius 2 is 1.67 bits per heavy atom. The average molecular weight is 247 g/mol. The van der Waals surface area contributed by atoms with E-state index in [1.54, 1.807) is 0 Å². The van der Waals surface area contributed by atoms with Crippen LogP contribution in [0.3, 0.4) is 0 Å². The first-order chi connectivity index (χ1) is 8.61. The molecule has 0 radical (unpaired) electrons. The highest BCUT2D eigenvalue weighted by Crippen LogP contribution is 2.11. The maximum Gasteiger partial charge on any atom is 0.00443 e. The quantitative estimate of drug-likeness (QED) is 0.717. The molecule has 1 heteroatoms. The molecule has 1 nitrogen and oxygen atoms in total. The highest BCUT2D eigenvalue weighted by molar-refractivity contribution is 5.14. The maximum atomic E-state index is 3.72. The molecular formula is C17H29N. The Kier molecular flexibility index (Phi) is 7.04. The molecule has 1 aromatic rings. The molecule has 0 aromatic heterocycles. The van der Waals surface area contributed by atoms with Gasteiger partial charge in [-0.05, 0) is 44.6 Å². The number of benzene rings is 1. The molecular weight excluding hydrogens is 218 g/mol. The van der Waals surface area contributed by atoms with Crippen LogP contribution in [-0.4, -0.2) is 12.1 Å². The van der Waals surface area contributed by atoms with Crippen molar-refractivity contribution in [3.63, 3.8) is 0 Å². The first-order valence-electron chi connectivity index (χ1n) is 7.41. The second kappa shape index (κ2) is 8.31. The Labute approximate surface area is 113 Å². The fourth-order valence-electron chi connectivity index (χ4n) is 2.44. The Hall–Kier alpha value is -0.820. The number of aryl methyl sites for hydroxylation is 1. The standard InChI is InChI=1S/C17H29N/c1-5-14(2)13-16(4)18-15(3)11-12-17-9-7-6-8-10-17/h6-10,14-16,18H,5,11-13H2,1-4H3. The summed E-state index contributed by atoms with van der Waals surface area (Å²) in [5, 5.41) is 3.72. The summed E-state index contributed by atoms with van der Waals surface area (Å²) in [4.78, 5) is 0. The lowest BCUT2D eigenvalue weighted by molar-refractivity contribution is 0.373. The maximum absolute atomic E-state index is 3.72. The zero-order valence-electron chi connectivity index (χ0n) is 12.4. The van der Waals surface area contributed by atoms with Crippen LogP contribution in [-0.2, 0) is 6.42 Å². The summed E-state index contributed by atoms with van der Waals surface area (Å²) in [6.45, 7) is 9.23. The van der Waals surface area contributed by atoms with Crippen molar-refractivity contribution in [1.82, 2.24) is 5.32 Å². The predicted molar refractivity (Wildman–Crippen MR) is 80.9 cm³/mol. The van der Waals surface area contributed by atoms with E-state index in [1.165, 1.54) is 31.2 Å². The first-order valence-corrected chi connectivity index (χ1v) is 7.41. The highest BCUT2D eigenvalue weighted by Gasteiger charge is 2.10. The third-order valence-corrected chi connectivity index (χ3v) is 3.73. The SMILES string of the molecule is CCC(C)CC(C)NC(C)CCc1ccccc1. The van der Waals surface area contributed by atoms with Gasteiger partial charge in [0.05, 0.1) is 0 Å². The van der Waals surface area contributed by atoms with Gasteiger partial charge in [0.1, 0.15) is 0 Å². The summed E-state index contributed by atoms with van der Waals surface area (Å²) in [5.41, 5.74) is 1.45. The van der Waals surface area contributed by atoms with Crippen LogP contribution in [0.4, 0.5) is 0 Å². The van der Waals surface area contributed by atoms with E-state index in [4.69, 9.17) is 0 Å². The molecule has 0 aliphatic carbocycles. The van der Waals surface area contributed by atoms with Crippen LogP contribution in [0.25, 0.3) is 0 Å². The Balaban J connectivity index is 2.23.